The van der Waals surface area contributed by atoms with Gasteiger partial charge < -0.3 is 10.2 Å². The highest BCUT2D eigenvalue weighted by Crippen LogP contribution is 2.19. The van der Waals surface area contributed by atoms with Gasteiger partial charge in [-0.2, -0.15) is 0 Å². The summed E-state index contributed by atoms with van der Waals surface area (Å²) in [4.78, 5) is 10.2. The van der Waals surface area contributed by atoms with Crippen molar-refractivity contribution in [2.24, 2.45) is 0 Å². The maximum absolute atomic E-state index is 13.3. The fraction of sp³-hybridized carbons (Fsp3) is 0.333. The normalized spacial score (nSPS) is 10.6. The smallest absolute Gasteiger partial charge is 0.141 e. The van der Waals surface area contributed by atoms with E-state index in [2.05, 4.69) is 15.3 Å². The number of hydrogen-bond acceptors (Lipinski definition) is 4. The number of aromatic nitrogens is 2. The van der Waals surface area contributed by atoms with Crippen molar-refractivity contribution in [2.75, 3.05) is 18.5 Å². The fourth-order valence-corrected chi connectivity index (χ4v) is 2.04. The Morgan fingerprint density at radius 3 is 2.75 bits per heavy atom. The summed E-state index contributed by atoms with van der Waals surface area (Å²) in [7, 11) is 1.95. The van der Waals surface area contributed by atoms with Gasteiger partial charge in [-0.05, 0) is 30.3 Å². The fourth-order valence-electron chi connectivity index (χ4n) is 2.04. The quantitative estimate of drug-likeness (QED) is 0.878. The van der Waals surface area contributed by atoms with Crippen LogP contribution in [-0.4, -0.2) is 23.6 Å². The van der Waals surface area contributed by atoms with Crippen molar-refractivity contribution < 1.29 is 4.39 Å². The highest BCUT2D eigenvalue weighted by molar-refractivity contribution is 5.46. The third-order valence-corrected chi connectivity index (χ3v) is 3.01. The van der Waals surface area contributed by atoms with Crippen LogP contribution in [-0.2, 0) is 13.1 Å². The van der Waals surface area contributed by atoms with Crippen molar-refractivity contribution in [3.63, 3.8) is 0 Å². The topological polar surface area (TPSA) is 41.1 Å². The summed E-state index contributed by atoms with van der Waals surface area (Å²) < 4.78 is 13.3. The Balaban J connectivity index is 2.18. The molecule has 0 aromatic carbocycles. The molecule has 4 nitrogen and oxygen atoms in total. The van der Waals surface area contributed by atoms with Gasteiger partial charge in [-0.1, -0.05) is 6.92 Å². The lowest BCUT2D eigenvalue weighted by Gasteiger charge is -2.21. The second-order valence-electron chi connectivity index (χ2n) is 4.63. The van der Waals surface area contributed by atoms with Crippen molar-refractivity contribution >= 4 is 5.82 Å². The molecule has 0 aliphatic rings. The van der Waals surface area contributed by atoms with E-state index in [0.717, 1.165) is 23.5 Å². The second kappa shape index (κ2) is 6.96. The highest BCUT2D eigenvalue weighted by Gasteiger charge is 2.10. The summed E-state index contributed by atoms with van der Waals surface area (Å²) in [6, 6.07) is 5.46. The van der Waals surface area contributed by atoms with E-state index in [4.69, 9.17) is 0 Å². The number of anilines is 1. The molecule has 1 N–H and O–H groups in total. The van der Waals surface area contributed by atoms with E-state index in [-0.39, 0.29) is 5.82 Å². The molecule has 0 unspecified atom stereocenters. The minimum atomic E-state index is -0.307. The molecule has 0 bridgehead atoms. The predicted molar refractivity (Wildman–Crippen MR) is 77.9 cm³/mol. The van der Waals surface area contributed by atoms with Crippen molar-refractivity contribution in [1.82, 2.24) is 15.3 Å². The molecule has 106 valence electrons. The molecule has 0 amide bonds. The van der Waals surface area contributed by atoms with Crippen molar-refractivity contribution in [3.8, 4) is 0 Å². The largest absolute Gasteiger partial charge is 0.355 e. The number of pyridine rings is 2. The van der Waals surface area contributed by atoms with Gasteiger partial charge in [-0.25, -0.2) is 9.37 Å². The molecular formula is C15H19FN4. The van der Waals surface area contributed by atoms with E-state index in [0.29, 0.717) is 13.1 Å². The molecular weight excluding hydrogens is 255 g/mol. The van der Waals surface area contributed by atoms with Crippen molar-refractivity contribution in [2.45, 2.75) is 20.0 Å². The average Bonchev–Trinajstić information content (AvgIpc) is 2.46. The number of halogens is 1. The summed E-state index contributed by atoms with van der Waals surface area (Å²) >= 11 is 0. The maximum Gasteiger partial charge on any atom is 0.141 e. The van der Waals surface area contributed by atoms with E-state index < -0.39 is 0 Å². The van der Waals surface area contributed by atoms with Gasteiger partial charge >= 0.3 is 0 Å². The molecule has 0 aliphatic heterocycles. The Morgan fingerprint density at radius 2 is 2.05 bits per heavy atom. The van der Waals surface area contributed by atoms with Crippen molar-refractivity contribution in [1.29, 1.82) is 0 Å². The minimum Gasteiger partial charge on any atom is -0.355 e. The van der Waals surface area contributed by atoms with Crippen LogP contribution in [0.4, 0.5) is 10.2 Å². The van der Waals surface area contributed by atoms with E-state index in [1.807, 2.05) is 31.0 Å². The molecule has 2 rings (SSSR count). The lowest BCUT2D eigenvalue weighted by molar-refractivity contribution is 0.613. The molecule has 0 radical (unpaired) electrons. The first-order chi connectivity index (χ1) is 9.70. The number of rotatable bonds is 6. The third kappa shape index (κ3) is 3.74. The molecule has 0 atom stereocenters. The van der Waals surface area contributed by atoms with Crippen LogP contribution < -0.4 is 10.2 Å². The van der Waals surface area contributed by atoms with E-state index in [1.165, 1.54) is 12.3 Å². The number of nitrogens with zero attached hydrogens (tertiary/aromatic N) is 3. The molecule has 0 saturated carbocycles. The van der Waals surface area contributed by atoms with Gasteiger partial charge in [0.25, 0.3) is 0 Å². The first kappa shape index (κ1) is 14.4. The Kier molecular flexibility index (Phi) is 5.01. The summed E-state index contributed by atoms with van der Waals surface area (Å²) in [6.45, 7) is 4.18. The van der Waals surface area contributed by atoms with Gasteiger partial charge in [0.2, 0.25) is 0 Å². The van der Waals surface area contributed by atoms with Crippen LogP contribution >= 0.6 is 0 Å². The number of hydrogen-bond donors (Lipinski definition) is 1. The summed E-state index contributed by atoms with van der Waals surface area (Å²) in [5.74, 6) is 0.489. The van der Waals surface area contributed by atoms with Gasteiger partial charge in [0.1, 0.15) is 11.6 Å². The average molecular weight is 274 g/mol. The van der Waals surface area contributed by atoms with E-state index >= 15 is 0 Å². The molecule has 2 aromatic heterocycles. The van der Waals surface area contributed by atoms with Crippen LogP contribution in [0, 0.1) is 5.82 Å². The van der Waals surface area contributed by atoms with Gasteiger partial charge in [-0.3, -0.25) is 4.98 Å². The van der Waals surface area contributed by atoms with Crippen molar-refractivity contribution in [3.05, 3.63) is 53.7 Å². The monoisotopic (exact) mass is 274 g/mol. The second-order valence-corrected chi connectivity index (χ2v) is 4.63. The van der Waals surface area contributed by atoms with Crippen LogP contribution in [0.3, 0.4) is 0 Å². The molecule has 0 fully saturated rings. The molecule has 0 saturated heterocycles. The lowest BCUT2D eigenvalue weighted by Crippen LogP contribution is -2.22. The van der Waals surface area contributed by atoms with Crippen LogP contribution in [0.15, 0.2) is 36.8 Å². The zero-order chi connectivity index (χ0) is 14.4. The Labute approximate surface area is 118 Å². The summed E-state index contributed by atoms with van der Waals surface area (Å²) in [5, 5.41) is 3.21. The van der Waals surface area contributed by atoms with Gasteiger partial charge in [-0.15, -0.1) is 0 Å². The first-order valence-electron chi connectivity index (χ1n) is 6.66. The molecule has 0 aliphatic carbocycles. The molecule has 2 heterocycles. The van der Waals surface area contributed by atoms with E-state index in [1.54, 1.807) is 12.4 Å². The van der Waals surface area contributed by atoms with Gasteiger partial charge in [0.05, 0.1) is 6.20 Å². The first-order valence-corrected chi connectivity index (χ1v) is 6.66. The van der Waals surface area contributed by atoms with Gasteiger partial charge in [0, 0.05) is 38.1 Å². The van der Waals surface area contributed by atoms with E-state index in [9.17, 15) is 4.39 Å². The predicted octanol–water partition coefficient (Wildman–Crippen LogP) is 2.36. The zero-order valence-corrected chi connectivity index (χ0v) is 11.8. The van der Waals surface area contributed by atoms with Crippen LogP contribution in [0.2, 0.25) is 0 Å². The summed E-state index contributed by atoms with van der Waals surface area (Å²) in [5.41, 5.74) is 2.01. The molecule has 20 heavy (non-hydrogen) atoms. The standard InChI is InChI=1S/C15H19FN4/c1-3-17-9-13-8-14(16)10-19-15(13)20(2)11-12-4-6-18-7-5-12/h4-8,10,17H,3,9,11H2,1-2H3. The van der Waals surface area contributed by atoms with Crippen LogP contribution in [0.5, 0.6) is 0 Å². The Morgan fingerprint density at radius 1 is 1.30 bits per heavy atom. The summed E-state index contributed by atoms with van der Waals surface area (Å²) in [6.07, 6.45) is 4.79. The minimum absolute atomic E-state index is 0.307. The van der Waals surface area contributed by atoms with Crippen LogP contribution in [0.25, 0.3) is 0 Å². The lowest BCUT2D eigenvalue weighted by atomic mass is 10.2. The SMILES string of the molecule is CCNCc1cc(F)cnc1N(C)Cc1ccncc1. The maximum atomic E-state index is 13.3. The molecule has 2 aromatic rings. The number of nitrogens with one attached hydrogen (secondary N) is 1. The molecule has 5 heteroatoms. The molecule has 0 spiro atoms. The Bertz CT molecular complexity index is 545. The highest BCUT2D eigenvalue weighted by atomic mass is 19.1. The Hall–Kier alpha value is -2.01. The zero-order valence-electron chi connectivity index (χ0n) is 11.8. The van der Waals surface area contributed by atoms with Gasteiger partial charge in [0.15, 0.2) is 0 Å². The van der Waals surface area contributed by atoms with Crippen LogP contribution in [0.1, 0.15) is 18.1 Å². The third-order valence-electron chi connectivity index (χ3n) is 3.01.